The largest absolute Gasteiger partial charge is 0.460 e. The molecule has 7 heteroatoms. The standard InChI is InChI=1S/C40H58O5Si2/c1-10-39-25-33(38(7)28(2)21-23-40(24-22-32(41)35(38)40)29(3)36(39)45-46(8,9)27-39)44-34(42)26-43-47(37(4,5)6,30-17-13-11-14-18-30)31-19-15-12-16-20-31/h11-20,28-29,33,35-36H,10,21-27H2,1-9H3/t28-,29+,33-,35?,36+,38+,39-,40+/m1/s1. The normalized spacial score (nSPS) is 36.6. The second-order valence-electron chi connectivity index (χ2n) is 17.6. The molecule has 4 fully saturated rings. The zero-order valence-electron chi connectivity index (χ0n) is 30.4. The van der Waals surface area contributed by atoms with Crippen LogP contribution in [-0.4, -0.2) is 47.2 Å². The van der Waals surface area contributed by atoms with Gasteiger partial charge in [-0.2, -0.15) is 0 Å². The maximum Gasteiger partial charge on any atom is 0.331 e. The molecular weight excluding hydrogens is 617 g/mol. The van der Waals surface area contributed by atoms with Crippen LogP contribution in [0.25, 0.3) is 0 Å². The Balaban J connectivity index is 1.39. The lowest BCUT2D eigenvalue weighted by Crippen LogP contribution is -2.67. The number of carbonyl (C=O) groups is 2. The lowest BCUT2D eigenvalue weighted by molar-refractivity contribution is -0.206. The predicted octanol–water partition coefficient (Wildman–Crippen LogP) is 7.92. The summed E-state index contributed by atoms with van der Waals surface area (Å²) in [6, 6.07) is 22.0. The van der Waals surface area contributed by atoms with E-state index in [2.05, 4.69) is 110 Å². The van der Waals surface area contributed by atoms with Gasteiger partial charge in [-0.1, -0.05) is 109 Å². The van der Waals surface area contributed by atoms with Gasteiger partial charge in [0.15, 0.2) is 8.32 Å². The Hall–Kier alpha value is -2.07. The molecule has 6 rings (SSSR count). The summed E-state index contributed by atoms with van der Waals surface area (Å²) in [5, 5.41) is 2.04. The minimum absolute atomic E-state index is 0.0686. The van der Waals surface area contributed by atoms with Crippen LogP contribution in [0.5, 0.6) is 0 Å². The molecule has 1 unspecified atom stereocenters. The van der Waals surface area contributed by atoms with E-state index >= 15 is 0 Å². The smallest absolute Gasteiger partial charge is 0.331 e. The first-order valence-electron chi connectivity index (χ1n) is 18.2. The maximum absolute atomic E-state index is 14.4. The van der Waals surface area contributed by atoms with Crippen molar-refractivity contribution < 1.29 is 23.2 Å². The van der Waals surface area contributed by atoms with Crippen LogP contribution < -0.4 is 10.4 Å². The van der Waals surface area contributed by atoms with Crippen LogP contribution in [0.3, 0.4) is 0 Å². The molecule has 2 aromatic rings. The number of Topliss-reactive ketones (excluding diaryl/α,β-unsaturated/α-hetero) is 1. The molecule has 0 amide bonds. The predicted molar refractivity (Wildman–Crippen MR) is 194 cm³/mol. The van der Waals surface area contributed by atoms with Crippen LogP contribution in [0.15, 0.2) is 60.7 Å². The van der Waals surface area contributed by atoms with Gasteiger partial charge < -0.3 is 13.6 Å². The Bertz CT molecular complexity index is 1430. The van der Waals surface area contributed by atoms with Crippen molar-refractivity contribution in [3.63, 3.8) is 0 Å². The van der Waals surface area contributed by atoms with Gasteiger partial charge in [0.1, 0.15) is 18.5 Å². The topological polar surface area (TPSA) is 61.8 Å². The highest BCUT2D eigenvalue weighted by Gasteiger charge is 2.71. The van der Waals surface area contributed by atoms with Crippen molar-refractivity contribution in [1.82, 2.24) is 0 Å². The fourth-order valence-electron chi connectivity index (χ4n) is 11.4. The van der Waals surface area contributed by atoms with E-state index in [0.717, 1.165) is 48.5 Å². The highest BCUT2D eigenvalue weighted by Crippen LogP contribution is 2.70. The molecule has 0 N–H and O–H groups in total. The van der Waals surface area contributed by atoms with Crippen LogP contribution >= 0.6 is 0 Å². The summed E-state index contributed by atoms with van der Waals surface area (Å²) in [7, 11) is -4.88. The zero-order chi connectivity index (χ0) is 34.0. The molecular formula is C40H58O5Si2. The van der Waals surface area contributed by atoms with Crippen molar-refractivity contribution in [1.29, 1.82) is 0 Å². The lowest BCUT2D eigenvalue weighted by Gasteiger charge is -2.62. The summed E-state index contributed by atoms with van der Waals surface area (Å²) in [5.41, 5.74) is -0.607. The number of hydrogen-bond donors (Lipinski definition) is 0. The number of carbonyl (C=O) groups excluding carboxylic acids is 2. The molecule has 0 spiro atoms. The van der Waals surface area contributed by atoms with Crippen molar-refractivity contribution in [2.75, 3.05) is 6.61 Å². The highest BCUT2D eigenvalue weighted by atomic mass is 28.4. The molecule has 3 aliphatic carbocycles. The van der Waals surface area contributed by atoms with E-state index in [1.807, 2.05) is 12.1 Å². The van der Waals surface area contributed by atoms with E-state index in [-0.39, 0.29) is 52.5 Å². The van der Waals surface area contributed by atoms with Crippen LogP contribution in [-0.2, 0) is 23.2 Å². The molecule has 4 aliphatic rings. The molecule has 3 saturated carbocycles. The first-order valence-corrected chi connectivity index (χ1v) is 23.2. The minimum atomic E-state index is -2.93. The van der Waals surface area contributed by atoms with Gasteiger partial charge >= 0.3 is 5.97 Å². The fourth-order valence-corrected chi connectivity index (χ4v) is 19.4. The third kappa shape index (κ3) is 5.37. The van der Waals surface area contributed by atoms with Gasteiger partial charge in [0.2, 0.25) is 0 Å². The Kier molecular flexibility index (Phi) is 8.93. The molecule has 2 aromatic carbocycles. The highest BCUT2D eigenvalue weighted by molar-refractivity contribution is 6.99. The van der Waals surface area contributed by atoms with Crippen molar-refractivity contribution in [3.8, 4) is 0 Å². The quantitative estimate of drug-likeness (QED) is 0.221. The van der Waals surface area contributed by atoms with E-state index in [1.165, 1.54) is 0 Å². The van der Waals surface area contributed by atoms with Crippen LogP contribution in [0.4, 0.5) is 0 Å². The number of benzene rings is 2. The van der Waals surface area contributed by atoms with Crippen molar-refractivity contribution >= 4 is 38.8 Å². The number of fused-ring (bicyclic) bond motifs is 1. The first kappa shape index (κ1) is 34.8. The van der Waals surface area contributed by atoms with Gasteiger partial charge in [-0.3, -0.25) is 4.79 Å². The van der Waals surface area contributed by atoms with Gasteiger partial charge in [0.05, 0.1) is 6.10 Å². The summed E-state index contributed by atoms with van der Waals surface area (Å²) in [4.78, 5) is 28.4. The lowest BCUT2D eigenvalue weighted by atomic mass is 9.43. The van der Waals surface area contributed by atoms with Gasteiger partial charge in [0.25, 0.3) is 8.32 Å². The van der Waals surface area contributed by atoms with Crippen LogP contribution in [0.2, 0.25) is 24.2 Å². The second kappa shape index (κ2) is 12.1. The van der Waals surface area contributed by atoms with Crippen LogP contribution in [0, 0.1) is 34.0 Å². The van der Waals surface area contributed by atoms with Gasteiger partial charge in [-0.15, -0.1) is 0 Å². The number of esters is 1. The Labute approximate surface area is 285 Å². The molecule has 0 aromatic heterocycles. The van der Waals surface area contributed by atoms with Gasteiger partial charge in [-0.25, -0.2) is 4.79 Å². The fraction of sp³-hybridized carbons (Fsp3) is 0.650. The average molecular weight is 675 g/mol. The number of ketones is 1. The molecule has 47 heavy (non-hydrogen) atoms. The minimum Gasteiger partial charge on any atom is -0.460 e. The van der Waals surface area contributed by atoms with Gasteiger partial charge in [-0.05, 0) is 89.3 Å². The molecule has 2 bridgehead atoms. The first-order chi connectivity index (χ1) is 22.1. The van der Waals surface area contributed by atoms with Crippen molar-refractivity contribution in [2.45, 2.75) is 123 Å². The van der Waals surface area contributed by atoms with E-state index in [1.54, 1.807) is 0 Å². The molecule has 256 valence electrons. The zero-order valence-corrected chi connectivity index (χ0v) is 32.4. The monoisotopic (exact) mass is 674 g/mol. The van der Waals surface area contributed by atoms with E-state index in [4.69, 9.17) is 13.6 Å². The molecule has 0 radical (unpaired) electrons. The van der Waals surface area contributed by atoms with E-state index < -0.39 is 22.0 Å². The second-order valence-corrected chi connectivity index (χ2v) is 26.0. The Morgan fingerprint density at radius 3 is 2.15 bits per heavy atom. The number of rotatable bonds is 7. The molecule has 5 nitrogen and oxygen atoms in total. The summed E-state index contributed by atoms with van der Waals surface area (Å²) < 4.78 is 21.0. The summed E-state index contributed by atoms with van der Waals surface area (Å²) >= 11 is 0. The summed E-state index contributed by atoms with van der Waals surface area (Å²) in [5.74, 6) is 0.505. The van der Waals surface area contributed by atoms with Crippen molar-refractivity contribution in [2.24, 2.45) is 34.0 Å². The molecule has 8 atom stereocenters. The summed E-state index contributed by atoms with van der Waals surface area (Å²) in [6.45, 7) is 20.6. The van der Waals surface area contributed by atoms with Crippen LogP contribution in [0.1, 0.15) is 87.0 Å². The van der Waals surface area contributed by atoms with E-state index in [9.17, 15) is 9.59 Å². The van der Waals surface area contributed by atoms with Gasteiger partial charge in [0, 0.05) is 17.8 Å². The molecule has 1 heterocycles. The third-order valence-electron chi connectivity index (χ3n) is 13.7. The Morgan fingerprint density at radius 1 is 1.00 bits per heavy atom. The summed E-state index contributed by atoms with van der Waals surface area (Å²) in [6.07, 6.45) is 5.12. The Morgan fingerprint density at radius 2 is 1.60 bits per heavy atom. The average Bonchev–Trinajstić information content (AvgIpc) is 3.52. The van der Waals surface area contributed by atoms with Crippen molar-refractivity contribution in [3.05, 3.63) is 60.7 Å². The molecule has 1 aliphatic heterocycles. The maximum atomic E-state index is 14.4. The SMILES string of the molecule is CC[C@]12C[C@@H](OC(=O)CO[Si](c3ccccc3)(c3ccccc3)C(C)(C)C)[C@@]3(C)C4C(=O)CC[C@@]4(CC[C@H]3C)[C@@H](C)[C@@H]1O[Si](C)(C)C2. The number of ether oxygens (including phenoxy) is 1. The third-order valence-corrected chi connectivity index (χ3v) is 21.2. The van der Waals surface area contributed by atoms with E-state index in [0.29, 0.717) is 18.1 Å². The number of hydrogen-bond acceptors (Lipinski definition) is 5. The molecule has 1 saturated heterocycles.